The average Bonchev–Trinajstić information content (AvgIpc) is 3.11. The molecule has 3 N–H and O–H groups in total. The molecule has 2 aromatic rings. The van der Waals surface area contributed by atoms with Gasteiger partial charge < -0.3 is 20.3 Å². The van der Waals surface area contributed by atoms with E-state index in [9.17, 15) is 15.0 Å². The first-order valence-electron chi connectivity index (χ1n) is 8.94. The van der Waals surface area contributed by atoms with Crippen LogP contribution in [-0.4, -0.2) is 33.8 Å². The number of hydrogen-bond donors (Lipinski definition) is 3. The van der Waals surface area contributed by atoms with Crippen molar-refractivity contribution in [3.05, 3.63) is 58.9 Å². The Morgan fingerprint density at radius 2 is 2.15 bits per heavy atom. The first-order valence-corrected chi connectivity index (χ1v) is 8.94. The van der Waals surface area contributed by atoms with Gasteiger partial charge in [0.2, 0.25) is 0 Å². The van der Waals surface area contributed by atoms with Crippen molar-refractivity contribution in [3.8, 4) is 5.75 Å². The molecule has 6 heteroatoms. The highest BCUT2D eigenvalue weighted by molar-refractivity contribution is 5.92. The zero-order valence-corrected chi connectivity index (χ0v) is 14.4. The summed E-state index contributed by atoms with van der Waals surface area (Å²) in [6.07, 6.45) is 3.44. The summed E-state index contributed by atoms with van der Waals surface area (Å²) in [6.45, 7) is 0.557. The van der Waals surface area contributed by atoms with Crippen LogP contribution in [0.5, 0.6) is 5.75 Å². The molecular formula is C20H22N2O4. The van der Waals surface area contributed by atoms with Crippen molar-refractivity contribution in [2.75, 3.05) is 6.61 Å². The maximum atomic E-state index is 12.7. The molecule has 136 valence electrons. The number of aliphatic hydroxyl groups excluding tert-OH is 2. The summed E-state index contributed by atoms with van der Waals surface area (Å²) in [5.41, 5.74) is 3.11. The van der Waals surface area contributed by atoms with Crippen LogP contribution in [0, 0.1) is 5.92 Å². The number of carbonyl (C=O) groups excluding carboxylic acids is 1. The molecule has 0 saturated heterocycles. The van der Waals surface area contributed by atoms with E-state index in [1.165, 1.54) is 6.20 Å². The summed E-state index contributed by atoms with van der Waals surface area (Å²) in [7, 11) is 0. The second kappa shape index (κ2) is 7.05. The summed E-state index contributed by atoms with van der Waals surface area (Å²) < 4.78 is 5.57. The van der Waals surface area contributed by atoms with Crippen LogP contribution in [0.2, 0.25) is 0 Å². The average molecular weight is 354 g/mol. The minimum atomic E-state index is -0.298. The molecule has 6 nitrogen and oxygen atoms in total. The van der Waals surface area contributed by atoms with Gasteiger partial charge in [-0.25, -0.2) is 0 Å². The molecule has 1 amide bonds. The molecule has 0 unspecified atom stereocenters. The van der Waals surface area contributed by atoms with Crippen LogP contribution in [0.1, 0.15) is 46.1 Å². The summed E-state index contributed by atoms with van der Waals surface area (Å²) in [4.78, 5) is 16.8. The molecule has 0 spiro atoms. The summed E-state index contributed by atoms with van der Waals surface area (Å²) in [5.74, 6) is 0.823. The highest BCUT2D eigenvalue weighted by atomic mass is 16.5. The van der Waals surface area contributed by atoms with Gasteiger partial charge in [0.05, 0.1) is 25.4 Å². The first kappa shape index (κ1) is 17.0. The van der Waals surface area contributed by atoms with Crippen molar-refractivity contribution >= 4 is 5.91 Å². The number of benzene rings is 1. The van der Waals surface area contributed by atoms with E-state index in [-0.39, 0.29) is 36.3 Å². The fourth-order valence-electron chi connectivity index (χ4n) is 3.69. The molecule has 0 radical (unpaired) electrons. The number of nitrogens with zero attached hydrogens (tertiary/aromatic N) is 1. The van der Waals surface area contributed by atoms with Gasteiger partial charge in [-0.05, 0) is 59.7 Å². The molecule has 26 heavy (non-hydrogen) atoms. The molecular weight excluding hydrogens is 332 g/mol. The van der Waals surface area contributed by atoms with Crippen LogP contribution in [0.25, 0.3) is 0 Å². The Kier molecular flexibility index (Phi) is 4.61. The van der Waals surface area contributed by atoms with Gasteiger partial charge >= 0.3 is 0 Å². The normalized spacial score (nSPS) is 22.1. The number of amides is 1. The molecule has 1 saturated carbocycles. The van der Waals surface area contributed by atoms with Crippen molar-refractivity contribution in [1.29, 1.82) is 0 Å². The lowest BCUT2D eigenvalue weighted by Gasteiger charge is -2.38. The van der Waals surface area contributed by atoms with Crippen LogP contribution in [0.15, 0.2) is 36.5 Å². The van der Waals surface area contributed by atoms with E-state index < -0.39 is 0 Å². The minimum absolute atomic E-state index is 0.133. The number of aromatic nitrogens is 1. The highest BCUT2D eigenvalue weighted by Crippen LogP contribution is 2.39. The smallest absolute Gasteiger partial charge is 0.270 e. The third-order valence-corrected chi connectivity index (χ3v) is 5.22. The number of hydrogen-bond acceptors (Lipinski definition) is 5. The van der Waals surface area contributed by atoms with Crippen LogP contribution in [0.3, 0.4) is 0 Å². The van der Waals surface area contributed by atoms with E-state index in [1.54, 1.807) is 12.1 Å². The van der Waals surface area contributed by atoms with E-state index in [2.05, 4.69) is 16.4 Å². The fourth-order valence-corrected chi connectivity index (χ4v) is 3.69. The Labute approximate surface area is 151 Å². The SMILES string of the molecule is O=C(N[C@@H](c1ccc2c(c1)CCO2)C1CC(O)C1)c1cc(CO)ccn1. The Morgan fingerprint density at radius 1 is 1.31 bits per heavy atom. The third-order valence-electron chi connectivity index (χ3n) is 5.22. The number of nitrogens with one attached hydrogen (secondary N) is 1. The zero-order chi connectivity index (χ0) is 18.1. The predicted molar refractivity (Wildman–Crippen MR) is 94.7 cm³/mol. The van der Waals surface area contributed by atoms with Crippen molar-refractivity contribution in [3.63, 3.8) is 0 Å². The molecule has 0 bridgehead atoms. The third kappa shape index (κ3) is 3.30. The van der Waals surface area contributed by atoms with Crippen LogP contribution in [-0.2, 0) is 13.0 Å². The van der Waals surface area contributed by atoms with Gasteiger partial charge in [-0.1, -0.05) is 6.07 Å². The van der Waals surface area contributed by atoms with Crippen molar-refractivity contribution in [1.82, 2.24) is 10.3 Å². The second-order valence-electron chi connectivity index (χ2n) is 7.01. The molecule has 1 fully saturated rings. The maximum Gasteiger partial charge on any atom is 0.270 e. The van der Waals surface area contributed by atoms with Gasteiger partial charge in [0.25, 0.3) is 5.91 Å². The summed E-state index contributed by atoms with van der Waals surface area (Å²) >= 11 is 0. The Bertz CT molecular complexity index is 817. The molecule has 1 aromatic heterocycles. The van der Waals surface area contributed by atoms with Crippen molar-refractivity contribution in [2.24, 2.45) is 5.92 Å². The molecule has 4 rings (SSSR count). The lowest BCUT2D eigenvalue weighted by atomic mass is 9.74. The van der Waals surface area contributed by atoms with Crippen molar-refractivity contribution in [2.45, 2.75) is 38.0 Å². The monoisotopic (exact) mass is 354 g/mol. The molecule has 1 aliphatic carbocycles. The van der Waals surface area contributed by atoms with Crippen molar-refractivity contribution < 1.29 is 19.7 Å². The van der Waals surface area contributed by atoms with E-state index in [0.717, 1.165) is 23.3 Å². The maximum absolute atomic E-state index is 12.7. The van der Waals surface area contributed by atoms with E-state index in [0.29, 0.717) is 25.0 Å². The van der Waals surface area contributed by atoms with E-state index in [1.807, 2.05) is 12.1 Å². The van der Waals surface area contributed by atoms with Gasteiger partial charge in [-0.3, -0.25) is 9.78 Å². The van der Waals surface area contributed by atoms with Gasteiger partial charge in [0, 0.05) is 12.6 Å². The fraction of sp³-hybridized carbons (Fsp3) is 0.400. The zero-order valence-electron chi connectivity index (χ0n) is 14.4. The largest absolute Gasteiger partial charge is 0.493 e. The first-order chi connectivity index (χ1) is 12.6. The lowest BCUT2D eigenvalue weighted by Crippen LogP contribution is -2.41. The number of pyridine rings is 1. The Morgan fingerprint density at radius 3 is 2.92 bits per heavy atom. The number of rotatable bonds is 5. The number of fused-ring (bicyclic) bond motifs is 1. The number of aliphatic hydroxyl groups is 2. The molecule has 1 atom stereocenters. The second-order valence-corrected chi connectivity index (χ2v) is 7.01. The van der Waals surface area contributed by atoms with Gasteiger partial charge in [0.1, 0.15) is 11.4 Å². The summed E-state index contributed by atoms with van der Waals surface area (Å²) in [6, 6.07) is 9.12. The predicted octanol–water partition coefficient (Wildman–Crippen LogP) is 1.75. The van der Waals surface area contributed by atoms with Gasteiger partial charge in [-0.2, -0.15) is 0 Å². The van der Waals surface area contributed by atoms with E-state index in [4.69, 9.17) is 4.74 Å². The Balaban J connectivity index is 1.58. The van der Waals surface area contributed by atoms with Crippen LogP contribution >= 0.6 is 0 Å². The Hall–Kier alpha value is -2.44. The summed E-state index contributed by atoms with van der Waals surface area (Å²) in [5, 5.41) is 22.1. The topological polar surface area (TPSA) is 91.7 Å². The molecule has 2 heterocycles. The van der Waals surface area contributed by atoms with Crippen LogP contribution in [0.4, 0.5) is 0 Å². The minimum Gasteiger partial charge on any atom is -0.493 e. The highest BCUT2D eigenvalue weighted by Gasteiger charge is 2.36. The van der Waals surface area contributed by atoms with Crippen LogP contribution < -0.4 is 10.1 Å². The quantitative estimate of drug-likeness (QED) is 0.761. The van der Waals surface area contributed by atoms with Gasteiger partial charge in [0.15, 0.2) is 0 Å². The number of ether oxygens (including phenoxy) is 1. The number of carbonyl (C=O) groups is 1. The standard InChI is InChI=1S/C20H22N2O4/c23-11-12-3-5-21-17(7-12)20(25)22-19(15-9-16(24)10-15)14-1-2-18-13(8-14)4-6-26-18/h1-3,5,7-8,15-16,19,23-24H,4,6,9-11H2,(H,22,25)/t15?,16?,19-/m0/s1. The molecule has 1 aliphatic heterocycles. The molecule has 1 aromatic carbocycles. The molecule has 2 aliphatic rings. The van der Waals surface area contributed by atoms with E-state index >= 15 is 0 Å². The lowest BCUT2D eigenvalue weighted by molar-refractivity contribution is 0.0234. The van der Waals surface area contributed by atoms with Gasteiger partial charge in [-0.15, -0.1) is 0 Å².